The zero-order valence-electron chi connectivity index (χ0n) is 17.0. The second-order valence-corrected chi connectivity index (χ2v) is 6.82. The van der Waals surface area contributed by atoms with Crippen LogP contribution in [0, 0.1) is 0 Å². The Morgan fingerprint density at radius 1 is 1.04 bits per heavy atom. The van der Waals surface area contributed by atoms with Crippen molar-refractivity contribution in [3.63, 3.8) is 0 Å². The van der Waals surface area contributed by atoms with Crippen LogP contribution in [0.5, 0.6) is 0 Å². The summed E-state index contributed by atoms with van der Waals surface area (Å²) in [6.07, 6.45) is -3.22. The lowest BCUT2D eigenvalue weighted by atomic mass is 10.2. The minimum atomic E-state index is -4.16. The molecule has 158 valence electrons. The van der Waals surface area contributed by atoms with Crippen LogP contribution in [0.15, 0.2) is 4.99 Å². The lowest BCUT2D eigenvalue weighted by Gasteiger charge is -2.30. The van der Waals surface area contributed by atoms with E-state index in [0.717, 1.165) is 13.0 Å². The van der Waals surface area contributed by atoms with Gasteiger partial charge in [-0.2, -0.15) is 13.2 Å². The molecule has 0 aliphatic carbocycles. The van der Waals surface area contributed by atoms with Gasteiger partial charge in [0, 0.05) is 44.8 Å². The number of likely N-dealkylation sites (N-methyl/N-ethyl adjacent to an activating group) is 1. The highest BCUT2D eigenvalue weighted by Gasteiger charge is 2.28. The van der Waals surface area contributed by atoms with Crippen LogP contribution in [-0.4, -0.2) is 80.3 Å². The van der Waals surface area contributed by atoms with Crippen molar-refractivity contribution in [2.45, 2.75) is 59.3 Å². The molecule has 0 atom stereocenters. The van der Waals surface area contributed by atoms with E-state index in [-0.39, 0.29) is 24.0 Å². The molecule has 0 aliphatic rings. The summed E-state index contributed by atoms with van der Waals surface area (Å²) in [5.41, 5.74) is 0. The minimum absolute atomic E-state index is 0. The first-order chi connectivity index (χ1) is 11.6. The minimum Gasteiger partial charge on any atom is -0.357 e. The van der Waals surface area contributed by atoms with Crippen molar-refractivity contribution in [3.8, 4) is 0 Å². The van der Waals surface area contributed by atoms with Crippen molar-refractivity contribution in [1.29, 1.82) is 0 Å². The Morgan fingerprint density at radius 2 is 1.62 bits per heavy atom. The molecule has 0 aromatic carbocycles. The average Bonchev–Trinajstić information content (AvgIpc) is 2.44. The molecule has 0 aromatic heterocycles. The molecule has 0 aliphatic heterocycles. The standard InChI is InChI=1S/C17H36F3N5.HI/c1-7-21-16(23-10-12-24(6)13-17(18,19)20)22-9-8-11-25(14(2)3)15(4)5;/h14-15H,7-13H2,1-6H3,(H2,21,22,23);1H. The lowest BCUT2D eigenvalue weighted by molar-refractivity contribution is -0.142. The van der Waals surface area contributed by atoms with Crippen molar-refractivity contribution in [2.75, 3.05) is 46.3 Å². The van der Waals surface area contributed by atoms with E-state index in [1.54, 1.807) is 0 Å². The molecule has 0 bridgehead atoms. The van der Waals surface area contributed by atoms with Crippen LogP contribution in [0.25, 0.3) is 0 Å². The molecule has 0 unspecified atom stereocenters. The molecule has 0 spiro atoms. The fraction of sp³-hybridized carbons (Fsp3) is 0.941. The highest BCUT2D eigenvalue weighted by Crippen LogP contribution is 2.14. The molecule has 0 heterocycles. The Kier molecular flexibility index (Phi) is 15.8. The molecule has 9 heteroatoms. The summed E-state index contributed by atoms with van der Waals surface area (Å²) in [4.78, 5) is 8.17. The third-order valence-electron chi connectivity index (χ3n) is 3.75. The van der Waals surface area contributed by atoms with Crippen molar-refractivity contribution in [1.82, 2.24) is 20.4 Å². The second-order valence-electron chi connectivity index (χ2n) is 6.82. The molecular formula is C17H37F3IN5. The predicted molar refractivity (Wildman–Crippen MR) is 115 cm³/mol. The fourth-order valence-electron chi connectivity index (χ4n) is 2.65. The summed E-state index contributed by atoms with van der Waals surface area (Å²) in [5.74, 6) is 0.656. The molecule has 26 heavy (non-hydrogen) atoms. The summed E-state index contributed by atoms with van der Waals surface area (Å²) in [6, 6.07) is 0.999. The smallest absolute Gasteiger partial charge is 0.357 e. The number of rotatable bonds is 11. The Labute approximate surface area is 174 Å². The van der Waals surface area contributed by atoms with Crippen molar-refractivity contribution >= 4 is 29.9 Å². The molecular weight excluding hydrogens is 458 g/mol. The number of alkyl halides is 3. The number of nitrogens with zero attached hydrogens (tertiary/aromatic N) is 3. The molecule has 0 saturated heterocycles. The van der Waals surface area contributed by atoms with Crippen molar-refractivity contribution in [2.24, 2.45) is 4.99 Å². The fourth-order valence-corrected chi connectivity index (χ4v) is 2.65. The molecule has 0 fully saturated rings. The third kappa shape index (κ3) is 14.8. The van der Waals surface area contributed by atoms with Crippen molar-refractivity contribution < 1.29 is 13.2 Å². The molecule has 0 saturated carbocycles. The lowest BCUT2D eigenvalue weighted by Crippen LogP contribution is -2.42. The number of hydrogen-bond acceptors (Lipinski definition) is 3. The predicted octanol–water partition coefficient (Wildman–Crippen LogP) is 3.16. The number of halogens is 4. The number of hydrogen-bond donors (Lipinski definition) is 2. The van der Waals surface area contributed by atoms with Gasteiger partial charge in [-0.15, -0.1) is 24.0 Å². The first kappa shape index (κ1) is 27.9. The topological polar surface area (TPSA) is 42.9 Å². The van der Waals surface area contributed by atoms with Crippen LogP contribution in [-0.2, 0) is 0 Å². The van der Waals surface area contributed by atoms with Gasteiger partial charge in [-0.3, -0.25) is 14.8 Å². The summed E-state index contributed by atoms with van der Waals surface area (Å²) in [5, 5.41) is 6.21. The van der Waals surface area contributed by atoms with E-state index in [2.05, 4.69) is 48.2 Å². The van der Waals surface area contributed by atoms with E-state index in [0.29, 0.717) is 44.2 Å². The van der Waals surface area contributed by atoms with Crippen molar-refractivity contribution in [3.05, 3.63) is 0 Å². The van der Waals surface area contributed by atoms with Crippen LogP contribution in [0.2, 0.25) is 0 Å². The Hall–Kier alpha value is -0.290. The zero-order chi connectivity index (χ0) is 19.5. The van der Waals surface area contributed by atoms with E-state index >= 15 is 0 Å². The quantitative estimate of drug-likeness (QED) is 0.200. The van der Waals surface area contributed by atoms with E-state index in [9.17, 15) is 13.2 Å². The van der Waals surface area contributed by atoms with Crippen LogP contribution in [0.1, 0.15) is 41.0 Å². The number of guanidine groups is 1. The maximum Gasteiger partial charge on any atom is 0.401 e. The molecule has 0 aromatic rings. The normalized spacial score (nSPS) is 12.9. The highest BCUT2D eigenvalue weighted by molar-refractivity contribution is 14.0. The molecule has 0 radical (unpaired) electrons. The van der Waals surface area contributed by atoms with Gasteiger partial charge in [-0.1, -0.05) is 0 Å². The van der Waals surface area contributed by atoms with Gasteiger partial charge >= 0.3 is 6.18 Å². The first-order valence-electron chi connectivity index (χ1n) is 9.10. The van der Waals surface area contributed by atoms with Gasteiger partial charge in [-0.25, -0.2) is 0 Å². The first-order valence-corrected chi connectivity index (χ1v) is 9.10. The van der Waals surface area contributed by atoms with E-state index in [4.69, 9.17) is 0 Å². The van der Waals surface area contributed by atoms with Crippen LogP contribution >= 0.6 is 24.0 Å². The molecule has 0 rings (SSSR count). The van der Waals surface area contributed by atoms with Gasteiger partial charge in [0.2, 0.25) is 0 Å². The van der Waals surface area contributed by atoms with E-state index in [1.807, 2.05) is 6.92 Å². The Balaban J connectivity index is 0. The van der Waals surface area contributed by atoms with Gasteiger partial charge in [0.1, 0.15) is 0 Å². The summed E-state index contributed by atoms with van der Waals surface area (Å²) >= 11 is 0. The highest BCUT2D eigenvalue weighted by atomic mass is 127. The third-order valence-corrected chi connectivity index (χ3v) is 3.75. The summed E-state index contributed by atoms with van der Waals surface area (Å²) in [7, 11) is 1.46. The summed E-state index contributed by atoms with van der Waals surface area (Å²) < 4.78 is 36.9. The van der Waals surface area contributed by atoms with Crippen LogP contribution in [0.3, 0.4) is 0 Å². The number of nitrogens with one attached hydrogen (secondary N) is 2. The van der Waals surface area contributed by atoms with E-state index in [1.165, 1.54) is 11.9 Å². The SMILES string of the molecule is CCNC(=NCCCN(C(C)C)C(C)C)NCCN(C)CC(F)(F)F.I. The molecule has 5 nitrogen and oxygen atoms in total. The Morgan fingerprint density at radius 3 is 2.08 bits per heavy atom. The van der Waals surface area contributed by atoms with E-state index < -0.39 is 12.7 Å². The molecule has 0 amide bonds. The Bertz CT molecular complexity index is 368. The maximum absolute atomic E-state index is 12.3. The maximum atomic E-state index is 12.3. The monoisotopic (exact) mass is 495 g/mol. The second kappa shape index (κ2) is 14.7. The summed E-state index contributed by atoms with van der Waals surface area (Å²) in [6.45, 7) is 12.9. The zero-order valence-corrected chi connectivity index (χ0v) is 19.3. The van der Waals surface area contributed by atoms with Gasteiger partial charge < -0.3 is 10.6 Å². The largest absolute Gasteiger partial charge is 0.401 e. The van der Waals surface area contributed by atoms with Crippen LogP contribution < -0.4 is 10.6 Å². The van der Waals surface area contributed by atoms with Gasteiger partial charge in [-0.05, 0) is 48.1 Å². The molecule has 2 N–H and O–H groups in total. The van der Waals surface area contributed by atoms with Gasteiger partial charge in [0.25, 0.3) is 0 Å². The number of aliphatic imine (C=N–C) groups is 1. The average molecular weight is 495 g/mol. The van der Waals surface area contributed by atoms with Gasteiger partial charge in [0.15, 0.2) is 5.96 Å². The van der Waals surface area contributed by atoms with Crippen LogP contribution in [0.4, 0.5) is 13.2 Å². The van der Waals surface area contributed by atoms with Gasteiger partial charge in [0.05, 0.1) is 6.54 Å².